The van der Waals surface area contributed by atoms with Crippen LogP contribution in [0, 0.1) is 13.8 Å². The molecule has 1 N–H and O–H groups in total. The van der Waals surface area contributed by atoms with Crippen LogP contribution in [0.25, 0.3) is 22.1 Å². The van der Waals surface area contributed by atoms with Crippen molar-refractivity contribution in [1.82, 2.24) is 14.5 Å². The van der Waals surface area contributed by atoms with Gasteiger partial charge in [0.2, 0.25) is 5.76 Å². The number of aromatic carboxylic acids is 1. The molecule has 0 amide bonds. The van der Waals surface area contributed by atoms with Gasteiger partial charge in [0.05, 0.1) is 13.7 Å². The van der Waals surface area contributed by atoms with Gasteiger partial charge in [-0.1, -0.05) is 6.92 Å². The van der Waals surface area contributed by atoms with Crippen molar-refractivity contribution in [2.45, 2.75) is 33.7 Å². The molecule has 1 aromatic carbocycles. The molecular formula is C21H21N3O4. The first-order valence-corrected chi connectivity index (χ1v) is 9.08. The number of furan rings is 1. The number of carbonyl (C=O) groups is 1. The SMILES string of the molecule is CCc1nc2c(C)cc(C)nc2n1Cc1cc(OC)c2oc(C(=O)O)cc2c1. The average molecular weight is 379 g/mol. The van der Waals surface area contributed by atoms with Crippen molar-refractivity contribution >= 4 is 28.1 Å². The minimum absolute atomic E-state index is 0.110. The van der Waals surface area contributed by atoms with E-state index in [1.54, 1.807) is 7.11 Å². The Hall–Kier alpha value is -3.35. The lowest BCUT2D eigenvalue weighted by atomic mass is 10.1. The number of rotatable bonds is 5. The maximum atomic E-state index is 11.2. The van der Waals surface area contributed by atoms with Crippen LogP contribution < -0.4 is 4.74 Å². The second-order valence-electron chi connectivity index (χ2n) is 6.85. The standard InChI is InChI=1S/C21H21N3O4/c1-5-17-23-18-11(2)6-12(3)22-20(18)24(17)10-13-7-14-9-16(21(25)26)28-19(14)15(8-13)27-4/h6-9H,5,10H2,1-4H3,(H,25,26). The van der Waals surface area contributed by atoms with Crippen molar-refractivity contribution in [3.8, 4) is 5.75 Å². The number of aryl methyl sites for hydroxylation is 3. The summed E-state index contributed by atoms with van der Waals surface area (Å²) in [6, 6.07) is 7.34. The van der Waals surface area contributed by atoms with Crippen LogP contribution in [0.15, 0.2) is 28.7 Å². The molecule has 3 heterocycles. The molecule has 3 aromatic heterocycles. The lowest BCUT2D eigenvalue weighted by molar-refractivity contribution is 0.0665. The molecule has 0 saturated carbocycles. The minimum atomic E-state index is -1.11. The Labute approximate surface area is 161 Å². The molecule has 0 radical (unpaired) electrons. The molecule has 28 heavy (non-hydrogen) atoms. The van der Waals surface area contributed by atoms with E-state index in [1.807, 2.05) is 32.0 Å². The number of hydrogen-bond acceptors (Lipinski definition) is 5. The van der Waals surface area contributed by atoms with E-state index < -0.39 is 5.97 Å². The van der Waals surface area contributed by atoms with Gasteiger partial charge in [0, 0.05) is 17.5 Å². The molecule has 0 aliphatic carbocycles. The molecule has 0 fully saturated rings. The summed E-state index contributed by atoms with van der Waals surface area (Å²) in [5.74, 6) is 0.237. The molecule has 0 spiro atoms. The molecule has 0 saturated heterocycles. The Kier molecular flexibility index (Phi) is 4.30. The number of fused-ring (bicyclic) bond motifs is 2. The Balaban J connectivity index is 1.87. The summed E-state index contributed by atoms with van der Waals surface area (Å²) < 4.78 is 13.0. The van der Waals surface area contributed by atoms with E-state index >= 15 is 0 Å². The van der Waals surface area contributed by atoms with Crippen molar-refractivity contribution in [3.63, 3.8) is 0 Å². The molecule has 0 bridgehead atoms. The van der Waals surface area contributed by atoms with Crippen molar-refractivity contribution in [1.29, 1.82) is 0 Å². The van der Waals surface area contributed by atoms with Crippen LogP contribution in [0.1, 0.15) is 40.1 Å². The lowest BCUT2D eigenvalue weighted by Gasteiger charge is -2.10. The number of ether oxygens (including phenoxy) is 1. The topological polar surface area (TPSA) is 90.4 Å². The van der Waals surface area contributed by atoms with Gasteiger partial charge in [0.15, 0.2) is 17.0 Å². The molecule has 0 unspecified atom stereocenters. The zero-order valence-electron chi connectivity index (χ0n) is 16.2. The Morgan fingerprint density at radius 2 is 2.00 bits per heavy atom. The third-order valence-corrected chi connectivity index (χ3v) is 4.83. The highest BCUT2D eigenvalue weighted by Gasteiger charge is 2.18. The third-order valence-electron chi connectivity index (χ3n) is 4.83. The van der Waals surface area contributed by atoms with Gasteiger partial charge in [-0.15, -0.1) is 0 Å². The fourth-order valence-electron chi connectivity index (χ4n) is 3.60. The predicted octanol–water partition coefficient (Wildman–Crippen LogP) is 4.11. The van der Waals surface area contributed by atoms with Crippen LogP contribution in [0.2, 0.25) is 0 Å². The molecule has 7 heteroatoms. The van der Waals surface area contributed by atoms with Crippen LogP contribution in [-0.4, -0.2) is 32.7 Å². The number of imidazole rings is 1. The van der Waals surface area contributed by atoms with Gasteiger partial charge < -0.3 is 18.8 Å². The molecule has 4 rings (SSSR count). The summed E-state index contributed by atoms with van der Waals surface area (Å²) in [5.41, 5.74) is 5.20. The van der Waals surface area contributed by atoms with Crippen LogP contribution in [0.3, 0.4) is 0 Å². The van der Waals surface area contributed by atoms with E-state index in [0.717, 1.165) is 40.2 Å². The quantitative estimate of drug-likeness (QED) is 0.561. The minimum Gasteiger partial charge on any atom is -0.493 e. The summed E-state index contributed by atoms with van der Waals surface area (Å²) in [4.78, 5) is 20.7. The molecule has 0 aliphatic rings. The van der Waals surface area contributed by atoms with E-state index in [4.69, 9.17) is 19.1 Å². The number of aromatic nitrogens is 3. The predicted molar refractivity (Wildman–Crippen MR) is 105 cm³/mol. The summed E-state index contributed by atoms with van der Waals surface area (Å²) in [5, 5.41) is 9.90. The highest BCUT2D eigenvalue weighted by Crippen LogP contribution is 2.31. The van der Waals surface area contributed by atoms with Crippen LogP contribution in [0.4, 0.5) is 0 Å². The zero-order valence-corrected chi connectivity index (χ0v) is 16.2. The smallest absolute Gasteiger partial charge is 0.371 e. The summed E-state index contributed by atoms with van der Waals surface area (Å²) in [7, 11) is 1.54. The number of pyridine rings is 1. The normalized spacial score (nSPS) is 11.4. The number of carboxylic acid groups (broad SMARTS) is 1. The Bertz CT molecular complexity index is 1220. The van der Waals surface area contributed by atoms with Crippen LogP contribution in [-0.2, 0) is 13.0 Å². The summed E-state index contributed by atoms with van der Waals surface area (Å²) in [6.07, 6.45) is 0.781. The Morgan fingerprint density at radius 1 is 1.21 bits per heavy atom. The van der Waals surface area contributed by atoms with Crippen molar-refractivity contribution in [2.24, 2.45) is 0 Å². The maximum absolute atomic E-state index is 11.2. The monoisotopic (exact) mass is 379 g/mol. The first kappa shape index (κ1) is 18.0. The van der Waals surface area contributed by atoms with Gasteiger partial charge in [0.25, 0.3) is 0 Å². The van der Waals surface area contributed by atoms with Crippen LogP contribution in [0.5, 0.6) is 5.75 Å². The van der Waals surface area contributed by atoms with E-state index in [2.05, 4.69) is 11.5 Å². The van der Waals surface area contributed by atoms with E-state index in [-0.39, 0.29) is 5.76 Å². The van der Waals surface area contributed by atoms with Gasteiger partial charge in [-0.3, -0.25) is 0 Å². The van der Waals surface area contributed by atoms with Gasteiger partial charge in [-0.2, -0.15) is 0 Å². The molecule has 144 valence electrons. The number of methoxy groups -OCH3 is 1. The lowest BCUT2D eigenvalue weighted by Crippen LogP contribution is -2.06. The van der Waals surface area contributed by atoms with E-state index in [1.165, 1.54) is 6.07 Å². The Morgan fingerprint density at radius 3 is 2.68 bits per heavy atom. The maximum Gasteiger partial charge on any atom is 0.371 e. The largest absolute Gasteiger partial charge is 0.493 e. The molecular weight excluding hydrogens is 358 g/mol. The van der Waals surface area contributed by atoms with Gasteiger partial charge in [-0.25, -0.2) is 14.8 Å². The van der Waals surface area contributed by atoms with Crippen molar-refractivity contribution < 1.29 is 19.1 Å². The second kappa shape index (κ2) is 6.67. The second-order valence-corrected chi connectivity index (χ2v) is 6.85. The number of carboxylic acids is 1. The summed E-state index contributed by atoms with van der Waals surface area (Å²) >= 11 is 0. The number of hydrogen-bond donors (Lipinski definition) is 1. The van der Waals surface area contributed by atoms with E-state index in [0.29, 0.717) is 23.3 Å². The van der Waals surface area contributed by atoms with Gasteiger partial charge in [0.1, 0.15) is 11.3 Å². The first-order chi connectivity index (χ1) is 13.4. The van der Waals surface area contributed by atoms with E-state index in [9.17, 15) is 9.90 Å². The fraction of sp³-hybridized carbons (Fsp3) is 0.286. The number of benzene rings is 1. The average Bonchev–Trinajstić information content (AvgIpc) is 3.23. The third kappa shape index (κ3) is 2.89. The van der Waals surface area contributed by atoms with Crippen LogP contribution >= 0.6 is 0 Å². The molecule has 7 nitrogen and oxygen atoms in total. The summed E-state index contributed by atoms with van der Waals surface area (Å²) in [6.45, 7) is 6.64. The fourth-order valence-corrected chi connectivity index (χ4v) is 3.60. The van der Waals surface area contributed by atoms with Gasteiger partial charge >= 0.3 is 5.97 Å². The highest BCUT2D eigenvalue weighted by molar-refractivity contribution is 5.93. The van der Waals surface area contributed by atoms with Gasteiger partial charge in [-0.05, 0) is 49.2 Å². The van der Waals surface area contributed by atoms with Crippen molar-refractivity contribution in [2.75, 3.05) is 7.11 Å². The van der Waals surface area contributed by atoms with Crippen molar-refractivity contribution in [3.05, 3.63) is 52.7 Å². The number of nitrogens with zero attached hydrogens (tertiary/aromatic N) is 3. The molecule has 4 aromatic rings. The molecule has 0 atom stereocenters. The molecule has 0 aliphatic heterocycles. The highest BCUT2D eigenvalue weighted by atomic mass is 16.5. The zero-order chi connectivity index (χ0) is 20.0. The first-order valence-electron chi connectivity index (χ1n) is 9.08.